The minimum Gasteiger partial charge on any atom is -0.508 e. The molecule has 136 valence electrons. The van der Waals surface area contributed by atoms with E-state index in [2.05, 4.69) is 38.7 Å². The lowest BCUT2D eigenvalue weighted by atomic mass is 10.1. The summed E-state index contributed by atoms with van der Waals surface area (Å²) in [5.41, 5.74) is 1.62. The van der Waals surface area contributed by atoms with Gasteiger partial charge in [-0.2, -0.15) is 0 Å². The zero-order valence-corrected chi connectivity index (χ0v) is 15.8. The predicted molar refractivity (Wildman–Crippen MR) is 103 cm³/mol. The Balaban J connectivity index is 1.33. The van der Waals surface area contributed by atoms with E-state index in [1.165, 1.54) is 17.7 Å². The summed E-state index contributed by atoms with van der Waals surface area (Å²) in [4.78, 5) is 24.1. The van der Waals surface area contributed by atoms with Gasteiger partial charge in [0.25, 0.3) is 5.91 Å². The van der Waals surface area contributed by atoms with E-state index in [0.717, 1.165) is 10.9 Å². The van der Waals surface area contributed by atoms with Crippen molar-refractivity contribution in [3.05, 3.63) is 64.1 Å². The highest BCUT2D eigenvalue weighted by molar-refractivity contribution is 9.10. The van der Waals surface area contributed by atoms with E-state index in [1.807, 2.05) is 12.1 Å². The zero-order chi connectivity index (χ0) is 18.5. The highest BCUT2D eigenvalue weighted by atomic mass is 79.9. The van der Waals surface area contributed by atoms with Gasteiger partial charge in [-0.3, -0.25) is 9.59 Å². The highest BCUT2D eigenvalue weighted by Gasteiger charge is 2.43. The number of hydrogen-bond donors (Lipinski definition) is 3. The Morgan fingerprint density at radius 3 is 2.54 bits per heavy atom. The monoisotopic (exact) mass is 416 g/mol. The molecule has 2 aromatic carbocycles. The molecule has 0 aromatic heterocycles. The molecule has 2 amide bonds. The normalized spacial score (nSPS) is 18.2. The lowest BCUT2D eigenvalue weighted by molar-refractivity contribution is -0.122. The van der Waals surface area contributed by atoms with Crippen LogP contribution in [0.5, 0.6) is 5.75 Å². The maximum Gasteiger partial charge on any atom is 0.251 e. The van der Waals surface area contributed by atoms with Crippen molar-refractivity contribution in [2.24, 2.45) is 5.92 Å². The van der Waals surface area contributed by atoms with Gasteiger partial charge in [0.15, 0.2) is 0 Å². The molecule has 26 heavy (non-hydrogen) atoms. The molecule has 0 heterocycles. The van der Waals surface area contributed by atoms with Crippen molar-refractivity contribution in [2.75, 3.05) is 13.1 Å². The van der Waals surface area contributed by atoms with Crippen molar-refractivity contribution in [1.82, 2.24) is 10.6 Å². The Hall–Kier alpha value is -2.34. The first-order chi connectivity index (χ1) is 12.5. The fourth-order valence-corrected chi connectivity index (χ4v) is 3.21. The molecule has 2 unspecified atom stereocenters. The van der Waals surface area contributed by atoms with Crippen LogP contribution in [0, 0.1) is 5.92 Å². The minimum atomic E-state index is -0.232. The third-order valence-electron chi connectivity index (χ3n) is 4.47. The van der Waals surface area contributed by atoms with E-state index in [0.29, 0.717) is 31.0 Å². The van der Waals surface area contributed by atoms with E-state index in [-0.39, 0.29) is 23.5 Å². The second-order valence-electron chi connectivity index (χ2n) is 6.45. The van der Waals surface area contributed by atoms with Crippen LogP contribution in [-0.2, 0) is 4.79 Å². The molecule has 2 atom stereocenters. The quantitative estimate of drug-likeness (QED) is 0.606. The van der Waals surface area contributed by atoms with Crippen LogP contribution >= 0.6 is 15.9 Å². The Labute approximate surface area is 160 Å². The molecule has 5 nitrogen and oxygen atoms in total. The van der Waals surface area contributed by atoms with Crippen LogP contribution in [0.4, 0.5) is 0 Å². The van der Waals surface area contributed by atoms with Crippen LogP contribution in [0.1, 0.15) is 34.7 Å². The summed E-state index contributed by atoms with van der Waals surface area (Å²) in [5, 5.41) is 15.1. The number of hydrogen-bond acceptors (Lipinski definition) is 3. The molecular formula is C20H21BrN2O3. The molecule has 0 aliphatic heterocycles. The number of nitrogens with one attached hydrogen (secondary N) is 2. The minimum absolute atomic E-state index is 0.0538. The second-order valence-corrected chi connectivity index (χ2v) is 7.37. The topological polar surface area (TPSA) is 78.4 Å². The van der Waals surface area contributed by atoms with Crippen LogP contribution in [0.25, 0.3) is 0 Å². The number of benzene rings is 2. The molecule has 1 aliphatic rings. The molecule has 0 saturated heterocycles. The van der Waals surface area contributed by atoms with Gasteiger partial charge in [0, 0.05) is 29.0 Å². The average molecular weight is 417 g/mol. The van der Waals surface area contributed by atoms with Crippen LogP contribution in [0.15, 0.2) is 53.0 Å². The molecule has 3 N–H and O–H groups in total. The standard InChI is InChI=1S/C20H21BrN2O3/c21-15-7-5-13(6-8-15)17-12-18(17)20(26)23-10-2-9-22-19(25)14-3-1-4-16(24)11-14/h1,3-8,11,17-18,24H,2,9-10,12H2,(H,22,25)(H,23,26). The largest absolute Gasteiger partial charge is 0.508 e. The summed E-state index contributed by atoms with van der Waals surface area (Å²) in [7, 11) is 0. The Morgan fingerprint density at radius 2 is 1.81 bits per heavy atom. The molecule has 6 heteroatoms. The summed E-state index contributed by atoms with van der Waals surface area (Å²) < 4.78 is 1.04. The van der Waals surface area contributed by atoms with Crippen molar-refractivity contribution in [1.29, 1.82) is 0 Å². The maximum atomic E-state index is 12.2. The SMILES string of the molecule is O=C(NCCCNC(=O)C1CC1c1ccc(Br)cc1)c1cccc(O)c1. The van der Waals surface area contributed by atoms with Crippen LogP contribution in [0.2, 0.25) is 0 Å². The van der Waals surface area contributed by atoms with E-state index in [4.69, 9.17) is 0 Å². The van der Waals surface area contributed by atoms with Crippen molar-refractivity contribution < 1.29 is 14.7 Å². The molecule has 1 fully saturated rings. The molecule has 2 aromatic rings. The Kier molecular flexibility index (Phi) is 5.93. The smallest absolute Gasteiger partial charge is 0.251 e. The van der Waals surface area contributed by atoms with Gasteiger partial charge in [0.1, 0.15) is 5.75 Å². The van der Waals surface area contributed by atoms with E-state index < -0.39 is 0 Å². The van der Waals surface area contributed by atoms with Gasteiger partial charge < -0.3 is 15.7 Å². The van der Waals surface area contributed by atoms with Gasteiger partial charge in [0.05, 0.1) is 0 Å². The van der Waals surface area contributed by atoms with Crippen LogP contribution in [-0.4, -0.2) is 30.0 Å². The van der Waals surface area contributed by atoms with Crippen molar-refractivity contribution in [3.63, 3.8) is 0 Å². The molecule has 0 spiro atoms. The van der Waals surface area contributed by atoms with Gasteiger partial charge in [-0.1, -0.05) is 34.1 Å². The Morgan fingerprint density at radius 1 is 1.08 bits per heavy atom. The predicted octanol–water partition coefficient (Wildman–Crippen LogP) is 3.19. The average Bonchev–Trinajstić information content (AvgIpc) is 3.42. The van der Waals surface area contributed by atoms with Crippen LogP contribution < -0.4 is 10.6 Å². The summed E-state index contributed by atoms with van der Waals surface area (Å²) >= 11 is 3.41. The number of rotatable bonds is 7. The van der Waals surface area contributed by atoms with Gasteiger partial charge in [-0.05, 0) is 54.7 Å². The number of carbonyl (C=O) groups is 2. The zero-order valence-electron chi connectivity index (χ0n) is 14.2. The first-order valence-electron chi connectivity index (χ1n) is 8.65. The lowest BCUT2D eigenvalue weighted by Crippen LogP contribution is -2.30. The lowest BCUT2D eigenvalue weighted by Gasteiger charge is -2.07. The summed E-state index contributed by atoms with van der Waals surface area (Å²) in [6.07, 6.45) is 1.55. The number of halogens is 1. The van der Waals surface area contributed by atoms with Crippen molar-refractivity contribution in [2.45, 2.75) is 18.8 Å². The van der Waals surface area contributed by atoms with Crippen LogP contribution in [0.3, 0.4) is 0 Å². The van der Waals surface area contributed by atoms with Crippen molar-refractivity contribution >= 4 is 27.7 Å². The van der Waals surface area contributed by atoms with E-state index in [1.54, 1.807) is 12.1 Å². The highest BCUT2D eigenvalue weighted by Crippen LogP contribution is 2.47. The molecule has 0 bridgehead atoms. The summed E-state index contributed by atoms with van der Waals surface area (Å²) in [6, 6.07) is 14.3. The van der Waals surface area contributed by atoms with E-state index >= 15 is 0 Å². The molecule has 0 radical (unpaired) electrons. The maximum absolute atomic E-state index is 12.2. The van der Waals surface area contributed by atoms with Crippen molar-refractivity contribution in [3.8, 4) is 5.75 Å². The number of phenols is 1. The number of amides is 2. The fourth-order valence-electron chi connectivity index (χ4n) is 2.95. The number of phenolic OH excluding ortho intramolecular Hbond substituents is 1. The molecule has 3 rings (SSSR count). The first-order valence-corrected chi connectivity index (χ1v) is 9.44. The fraction of sp³-hybridized carbons (Fsp3) is 0.300. The molecule has 1 aliphatic carbocycles. The summed E-state index contributed by atoms with van der Waals surface area (Å²) in [6.45, 7) is 0.998. The van der Waals surface area contributed by atoms with Gasteiger partial charge >= 0.3 is 0 Å². The first kappa shape index (κ1) is 18.5. The number of aromatic hydroxyl groups is 1. The summed E-state index contributed by atoms with van der Waals surface area (Å²) in [5.74, 6) is 0.281. The van der Waals surface area contributed by atoms with Gasteiger partial charge in [0.2, 0.25) is 5.91 Å². The molecular weight excluding hydrogens is 396 g/mol. The number of carbonyl (C=O) groups excluding carboxylic acids is 2. The second kappa shape index (κ2) is 8.36. The van der Waals surface area contributed by atoms with Gasteiger partial charge in [-0.25, -0.2) is 0 Å². The van der Waals surface area contributed by atoms with Gasteiger partial charge in [-0.15, -0.1) is 0 Å². The third kappa shape index (κ3) is 4.85. The third-order valence-corrected chi connectivity index (χ3v) is 5.00. The Bertz CT molecular complexity index is 792. The van der Waals surface area contributed by atoms with E-state index in [9.17, 15) is 14.7 Å². The molecule has 1 saturated carbocycles.